The summed E-state index contributed by atoms with van der Waals surface area (Å²) in [6, 6.07) is 14.9. The summed E-state index contributed by atoms with van der Waals surface area (Å²) < 4.78 is 6.76. The predicted octanol–water partition coefficient (Wildman–Crippen LogP) is 3.93. The van der Waals surface area contributed by atoms with E-state index in [2.05, 4.69) is 5.32 Å². The van der Waals surface area contributed by atoms with Crippen molar-refractivity contribution in [1.29, 1.82) is 10.5 Å². The van der Waals surface area contributed by atoms with Crippen LogP contribution in [-0.4, -0.2) is 22.4 Å². The second-order valence-corrected chi connectivity index (χ2v) is 6.98. The zero-order valence-corrected chi connectivity index (χ0v) is 16.5. The Labute approximate surface area is 176 Å². The van der Waals surface area contributed by atoms with Crippen molar-refractivity contribution in [3.63, 3.8) is 0 Å². The molecule has 152 valence electrons. The molecule has 9 nitrogen and oxygen atoms in total. The highest BCUT2D eigenvalue weighted by molar-refractivity contribution is 6.06. The van der Waals surface area contributed by atoms with Crippen molar-refractivity contribution in [2.45, 2.75) is 12.5 Å². The summed E-state index contributed by atoms with van der Waals surface area (Å²) in [6.45, 7) is 1.38. The van der Waals surface area contributed by atoms with E-state index in [-0.39, 0.29) is 34.1 Å². The number of aromatic nitrogens is 1. The minimum absolute atomic E-state index is 0.194. The number of ketones is 1. The smallest absolute Gasteiger partial charge is 0.271 e. The molecule has 1 aliphatic heterocycles. The maximum atomic E-state index is 12.6. The van der Waals surface area contributed by atoms with Crippen molar-refractivity contribution >= 4 is 17.3 Å². The van der Waals surface area contributed by atoms with Crippen LogP contribution in [0.1, 0.15) is 22.8 Å². The molecule has 0 bridgehead atoms. The van der Waals surface area contributed by atoms with Gasteiger partial charge in [-0.2, -0.15) is 10.5 Å². The molecule has 2 heterocycles. The van der Waals surface area contributed by atoms with Crippen LogP contribution in [0, 0.1) is 32.8 Å². The lowest BCUT2D eigenvalue weighted by molar-refractivity contribution is -0.384. The Hall–Kier alpha value is -4.63. The number of non-ortho nitro benzene ring substituents is 1. The fourth-order valence-electron chi connectivity index (χ4n) is 3.76. The van der Waals surface area contributed by atoms with E-state index >= 15 is 0 Å². The predicted molar refractivity (Wildman–Crippen MR) is 111 cm³/mol. The lowest BCUT2D eigenvalue weighted by Gasteiger charge is -2.31. The number of Topliss-reactive ketones (excluding diaryl/α,β-unsaturated/α-hetero) is 1. The largest absolute Gasteiger partial charge is 0.497 e. The van der Waals surface area contributed by atoms with Crippen LogP contribution in [-0.2, 0) is 5.54 Å². The van der Waals surface area contributed by atoms with Gasteiger partial charge in [0.2, 0.25) is 5.54 Å². The zero-order valence-electron chi connectivity index (χ0n) is 16.5. The number of carbonyl (C=O) groups is 1. The Morgan fingerprint density at radius 2 is 1.87 bits per heavy atom. The SMILES string of the molecule is COc1ccc(-c2cn3c(c2C(C)=O)NC(C#N)(C#N)c2ccc([N+](=O)[O-])cc2-3)cc1. The van der Waals surface area contributed by atoms with Gasteiger partial charge in [0.1, 0.15) is 23.7 Å². The third-order valence-electron chi connectivity index (χ3n) is 5.26. The van der Waals surface area contributed by atoms with Gasteiger partial charge in [-0.05, 0) is 30.7 Å². The number of nitriles is 2. The second kappa shape index (κ2) is 7.01. The maximum Gasteiger partial charge on any atom is 0.271 e. The van der Waals surface area contributed by atoms with Crippen molar-refractivity contribution in [1.82, 2.24) is 4.57 Å². The molecule has 0 amide bonds. The fourth-order valence-corrected chi connectivity index (χ4v) is 3.76. The van der Waals surface area contributed by atoms with Gasteiger partial charge in [-0.25, -0.2) is 0 Å². The minimum Gasteiger partial charge on any atom is -0.497 e. The number of nitrogens with one attached hydrogen (secondary N) is 1. The summed E-state index contributed by atoms with van der Waals surface area (Å²) in [6.07, 6.45) is 1.67. The number of rotatable bonds is 4. The number of fused-ring (bicyclic) bond motifs is 3. The van der Waals surface area contributed by atoms with Gasteiger partial charge >= 0.3 is 0 Å². The molecule has 4 rings (SSSR count). The van der Waals surface area contributed by atoms with Crippen LogP contribution in [0.2, 0.25) is 0 Å². The van der Waals surface area contributed by atoms with Crippen LogP contribution >= 0.6 is 0 Å². The summed E-state index contributed by atoms with van der Waals surface area (Å²) in [7, 11) is 1.55. The van der Waals surface area contributed by atoms with Crippen LogP contribution in [0.4, 0.5) is 11.5 Å². The van der Waals surface area contributed by atoms with E-state index in [0.29, 0.717) is 16.9 Å². The highest BCUT2D eigenvalue weighted by Gasteiger charge is 2.42. The second-order valence-electron chi connectivity index (χ2n) is 6.98. The van der Waals surface area contributed by atoms with E-state index in [0.717, 1.165) is 0 Å². The summed E-state index contributed by atoms with van der Waals surface area (Å²) in [4.78, 5) is 23.4. The molecule has 0 radical (unpaired) electrons. The third kappa shape index (κ3) is 2.88. The Morgan fingerprint density at radius 1 is 1.19 bits per heavy atom. The molecular weight excluding hydrogens is 398 g/mol. The van der Waals surface area contributed by atoms with Crippen LogP contribution in [0.3, 0.4) is 0 Å². The molecule has 0 fully saturated rings. The standard InChI is InChI=1S/C22H15N5O4/c1-13(28)20-17(14-3-6-16(31-2)7-4-14)10-26-19-9-15(27(29)30)5-8-18(19)22(11-23,12-24)25-21(20)26/h3-10,25H,1-2H3. The van der Waals surface area contributed by atoms with E-state index < -0.39 is 10.5 Å². The molecule has 2 aromatic carbocycles. The summed E-state index contributed by atoms with van der Waals surface area (Å²) in [5.41, 5.74) is 0.0936. The molecule has 1 aliphatic rings. The quantitative estimate of drug-likeness (QED) is 0.389. The Balaban J connectivity index is 2.05. The molecule has 31 heavy (non-hydrogen) atoms. The minimum atomic E-state index is -1.81. The van der Waals surface area contributed by atoms with Gasteiger partial charge in [-0.15, -0.1) is 0 Å². The lowest BCUT2D eigenvalue weighted by Crippen LogP contribution is -2.38. The topological polar surface area (TPSA) is 134 Å². The number of methoxy groups -OCH3 is 1. The van der Waals surface area contributed by atoms with Crippen LogP contribution < -0.4 is 10.1 Å². The van der Waals surface area contributed by atoms with Gasteiger partial charge in [-0.3, -0.25) is 14.9 Å². The molecule has 0 unspecified atom stereocenters. The number of carbonyl (C=O) groups excluding carboxylic acids is 1. The van der Waals surface area contributed by atoms with Gasteiger partial charge in [-0.1, -0.05) is 12.1 Å². The van der Waals surface area contributed by atoms with E-state index in [9.17, 15) is 25.4 Å². The number of benzene rings is 2. The Bertz CT molecular complexity index is 1310. The van der Waals surface area contributed by atoms with Crippen LogP contribution in [0.15, 0.2) is 48.7 Å². The van der Waals surface area contributed by atoms with E-state index in [4.69, 9.17) is 4.74 Å². The Morgan fingerprint density at radius 3 is 2.42 bits per heavy atom. The first kappa shape index (κ1) is 19.7. The normalized spacial score (nSPS) is 13.0. The number of nitro benzene ring substituents is 1. The van der Waals surface area contributed by atoms with Crippen molar-refractivity contribution < 1.29 is 14.5 Å². The molecule has 1 N–H and O–H groups in total. The van der Waals surface area contributed by atoms with Gasteiger partial charge in [0.05, 0.1) is 23.3 Å². The molecule has 1 aromatic heterocycles. The molecule has 0 aliphatic carbocycles. The summed E-state index contributed by atoms with van der Waals surface area (Å²) in [5.74, 6) is 0.587. The third-order valence-corrected chi connectivity index (χ3v) is 5.26. The molecule has 0 saturated carbocycles. The first-order valence-electron chi connectivity index (χ1n) is 9.16. The number of hydrogen-bond acceptors (Lipinski definition) is 7. The monoisotopic (exact) mass is 413 g/mol. The number of ether oxygens (including phenoxy) is 1. The van der Waals surface area contributed by atoms with Gasteiger partial charge < -0.3 is 14.6 Å². The van der Waals surface area contributed by atoms with E-state index in [1.165, 1.54) is 25.1 Å². The molecular formula is C22H15N5O4. The van der Waals surface area contributed by atoms with Crippen LogP contribution in [0.25, 0.3) is 16.8 Å². The zero-order chi connectivity index (χ0) is 22.3. The molecule has 9 heteroatoms. The van der Waals surface area contributed by atoms with Crippen LogP contribution in [0.5, 0.6) is 5.75 Å². The van der Waals surface area contributed by atoms with E-state index in [1.54, 1.807) is 42.1 Å². The fraction of sp³-hybridized carbons (Fsp3) is 0.136. The maximum absolute atomic E-state index is 12.6. The van der Waals surface area contributed by atoms with Crippen molar-refractivity contribution in [2.24, 2.45) is 0 Å². The number of nitro groups is 1. The average molecular weight is 413 g/mol. The Kier molecular flexibility index (Phi) is 4.45. The number of nitrogens with zero attached hydrogens (tertiary/aromatic N) is 4. The average Bonchev–Trinajstić information content (AvgIpc) is 3.17. The van der Waals surface area contributed by atoms with Gasteiger partial charge in [0.15, 0.2) is 5.78 Å². The summed E-state index contributed by atoms with van der Waals surface area (Å²) in [5, 5.41) is 33.9. The number of hydrogen-bond donors (Lipinski definition) is 1. The first-order chi connectivity index (χ1) is 14.8. The molecule has 0 atom stereocenters. The van der Waals surface area contributed by atoms with E-state index in [1.807, 2.05) is 12.1 Å². The molecule has 3 aromatic rings. The highest BCUT2D eigenvalue weighted by atomic mass is 16.6. The number of anilines is 1. The van der Waals surface area contributed by atoms with Crippen molar-refractivity contribution in [3.8, 4) is 34.7 Å². The van der Waals surface area contributed by atoms with Gasteiger partial charge in [0, 0.05) is 29.5 Å². The molecule has 0 spiro atoms. The lowest BCUT2D eigenvalue weighted by atomic mass is 9.89. The van der Waals surface area contributed by atoms with Crippen molar-refractivity contribution in [2.75, 3.05) is 12.4 Å². The van der Waals surface area contributed by atoms with Gasteiger partial charge in [0.25, 0.3) is 5.69 Å². The summed E-state index contributed by atoms with van der Waals surface area (Å²) >= 11 is 0. The highest BCUT2D eigenvalue weighted by Crippen LogP contribution is 2.44. The first-order valence-corrected chi connectivity index (χ1v) is 9.16. The molecule has 0 saturated heterocycles. The van der Waals surface area contributed by atoms with Crippen molar-refractivity contribution in [3.05, 3.63) is 69.9 Å².